The number of oxazole rings is 1. The number of halogens is 1. The van der Waals surface area contributed by atoms with Crippen molar-refractivity contribution in [1.29, 1.82) is 0 Å². The van der Waals surface area contributed by atoms with Gasteiger partial charge in [-0.15, -0.1) is 10.2 Å². The van der Waals surface area contributed by atoms with Crippen molar-refractivity contribution < 1.29 is 12.8 Å². The number of primary sulfonamides is 1. The number of rotatable bonds is 6. The average molecular weight is 431 g/mol. The highest BCUT2D eigenvalue weighted by atomic mass is 35.5. The van der Waals surface area contributed by atoms with Gasteiger partial charge in [0, 0.05) is 10.6 Å². The molecule has 4 aromatic rings. The third-order valence-electron chi connectivity index (χ3n) is 4.30. The van der Waals surface area contributed by atoms with E-state index in [0.717, 1.165) is 11.1 Å². The first-order valence-corrected chi connectivity index (χ1v) is 10.4. The van der Waals surface area contributed by atoms with E-state index in [4.69, 9.17) is 21.2 Å². The zero-order valence-corrected chi connectivity index (χ0v) is 16.5. The van der Waals surface area contributed by atoms with Gasteiger partial charge in [0.15, 0.2) is 5.89 Å². The summed E-state index contributed by atoms with van der Waals surface area (Å²) in [5.41, 5.74) is 2.93. The first kappa shape index (κ1) is 19.2. The molecule has 11 heteroatoms. The standard InChI is InChI=1S/C18H15ClN6O3S/c19-17-13(7-11-1-3-12(4-2-11)18-22-24-25-23-18)8-15(29(20,26)27)9-14(17)10-16-21-5-6-28-16/h1-6,8-9H,7,10H2,(H2,20,26,27)(H,22,23,24,25). The van der Waals surface area contributed by atoms with E-state index in [1.54, 1.807) is 0 Å². The van der Waals surface area contributed by atoms with E-state index >= 15 is 0 Å². The molecule has 3 N–H and O–H groups in total. The summed E-state index contributed by atoms with van der Waals surface area (Å²) in [4.78, 5) is 4.05. The molecule has 4 rings (SSSR count). The maximum atomic E-state index is 12.0. The Hall–Kier alpha value is -3.08. The van der Waals surface area contributed by atoms with E-state index < -0.39 is 10.0 Å². The predicted molar refractivity (Wildman–Crippen MR) is 105 cm³/mol. The van der Waals surface area contributed by atoms with E-state index in [-0.39, 0.29) is 11.3 Å². The van der Waals surface area contributed by atoms with Gasteiger partial charge in [0.2, 0.25) is 15.8 Å². The molecular weight excluding hydrogens is 416 g/mol. The minimum atomic E-state index is -3.91. The van der Waals surface area contributed by atoms with Crippen LogP contribution in [0.1, 0.15) is 22.6 Å². The Kier molecular flexibility index (Phi) is 5.14. The molecular formula is C18H15ClN6O3S. The van der Waals surface area contributed by atoms with Gasteiger partial charge in [-0.2, -0.15) is 5.21 Å². The summed E-state index contributed by atoms with van der Waals surface area (Å²) in [6.07, 6.45) is 3.62. The van der Waals surface area contributed by atoms with E-state index in [1.807, 2.05) is 24.3 Å². The average Bonchev–Trinajstić information content (AvgIpc) is 3.39. The summed E-state index contributed by atoms with van der Waals surface area (Å²) in [6.45, 7) is 0. The number of hydrogen-bond acceptors (Lipinski definition) is 7. The van der Waals surface area contributed by atoms with Gasteiger partial charge in [-0.05, 0) is 40.5 Å². The quantitative estimate of drug-likeness (QED) is 0.478. The second kappa shape index (κ2) is 7.74. The molecule has 0 amide bonds. The zero-order valence-electron chi connectivity index (χ0n) is 14.9. The number of sulfonamides is 1. The molecule has 0 aliphatic rings. The van der Waals surface area contributed by atoms with E-state index in [9.17, 15) is 8.42 Å². The molecule has 0 saturated carbocycles. The summed E-state index contributed by atoms with van der Waals surface area (Å²) in [6, 6.07) is 10.4. The largest absolute Gasteiger partial charge is 0.449 e. The fraction of sp³-hybridized carbons (Fsp3) is 0.111. The first-order chi connectivity index (χ1) is 13.9. The molecule has 0 bridgehead atoms. The molecule has 9 nitrogen and oxygen atoms in total. The molecule has 0 saturated heterocycles. The monoisotopic (exact) mass is 430 g/mol. The summed E-state index contributed by atoms with van der Waals surface area (Å²) >= 11 is 6.57. The van der Waals surface area contributed by atoms with Crippen LogP contribution in [0, 0.1) is 0 Å². The van der Waals surface area contributed by atoms with Crippen LogP contribution >= 0.6 is 11.6 Å². The van der Waals surface area contributed by atoms with Gasteiger partial charge < -0.3 is 4.42 Å². The minimum Gasteiger partial charge on any atom is -0.449 e. The second-order valence-electron chi connectivity index (χ2n) is 6.31. The van der Waals surface area contributed by atoms with Crippen LogP contribution in [-0.4, -0.2) is 34.0 Å². The number of aromatic nitrogens is 5. The summed E-state index contributed by atoms with van der Waals surface area (Å²) < 4.78 is 29.2. The van der Waals surface area contributed by atoms with Crippen LogP contribution in [0.4, 0.5) is 0 Å². The van der Waals surface area contributed by atoms with Crippen LogP contribution < -0.4 is 5.14 Å². The van der Waals surface area contributed by atoms with Gasteiger partial charge >= 0.3 is 0 Å². The third kappa shape index (κ3) is 4.34. The molecule has 0 radical (unpaired) electrons. The fourth-order valence-corrected chi connectivity index (χ4v) is 3.77. The van der Waals surface area contributed by atoms with Gasteiger partial charge in [0.25, 0.3) is 0 Å². The van der Waals surface area contributed by atoms with E-state index in [2.05, 4.69) is 25.6 Å². The second-order valence-corrected chi connectivity index (χ2v) is 8.25. The van der Waals surface area contributed by atoms with Crippen molar-refractivity contribution in [3.05, 3.63) is 76.5 Å². The number of nitrogens with two attached hydrogens (primary N) is 1. The molecule has 2 aromatic carbocycles. The molecule has 0 fully saturated rings. The maximum absolute atomic E-state index is 12.0. The summed E-state index contributed by atoms with van der Waals surface area (Å²) in [7, 11) is -3.91. The SMILES string of the molecule is NS(=O)(=O)c1cc(Cc2ccc(-c3nn[nH]n3)cc2)c(Cl)c(Cc2ncco2)c1. The van der Waals surface area contributed by atoms with Crippen molar-refractivity contribution in [2.45, 2.75) is 17.7 Å². The fourth-order valence-electron chi connectivity index (χ4n) is 2.92. The number of benzene rings is 2. The molecule has 29 heavy (non-hydrogen) atoms. The van der Waals surface area contributed by atoms with Crippen molar-refractivity contribution in [2.24, 2.45) is 5.14 Å². The van der Waals surface area contributed by atoms with Gasteiger partial charge in [-0.1, -0.05) is 35.9 Å². The lowest BCUT2D eigenvalue weighted by Crippen LogP contribution is -2.13. The number of nitrogens with one attached hydrogen (secondary N) is 1. The van der Waals surface area contributed by atoms with Gasteiger partial charge in [-0.3, -0.25) is 0 Å². The lowest BCUT2D eigenvalue weighted by Gasteiger charge is -2.12. The normalized spacial score (nSPS) is 11.7. The van der Waals surface area contributed by atoms with Crippen LogP contribution in [0.25, 0.3) is 11.4 Å². The predicted octanol–water partition coefficient (Wildman–Crippen LogP) is 2.34. The van der Waals surface area contributed by atoms with Crippen molar-refractivity contribution in [3.8, 4) is 11.4 Å². The third-order valence-corrected chi connectivity index (χ3v) is 5.68. The molecule has 0 unspecified atom stereocenters. The smallest absolute Gasteiger partial charge is 0.238 e. The van der Waals surface area contributed by atoms with Gasteiger partial charge in [-0.25, -0.2) is 18.5 Å². The molecule has 2 aromatic heterocycles. The lowest BCUT2D eigenvalue weighted by atomic mass is 10.00. The Bertz CT molecular complexity index is 1220. The van der Waals surface area contributed by atoms with Crippen LogP contribution in [0.5, 0.6) is 0 Å². The number of H-pyrrole nitrogens is 1. The number of aromatic amines is 1. The molecule has 0 aliphatic heterocycles. The Labute approximate surface area is 171 Å². The Morgan fingerprint density at radius 2 is 1.83 bits per heavy atom. The lowest BCUT2D eigenvalue weighted by molar-refractivity contribution is 0.506. The number of nitrogens with zero attached hydrogens (tertiary/aromatic N) is 4. The molecule has 2 heterocycles. The Balaban J connectivity index is 1.68. The highest BCUT2D eigenvalue weighted by Crippen LogP contribution is 2.29. The van der Waals surface area contributed by atoms with Crippen LogP contribution in [0.3, 0.4) is 0 Å². The molecule has 0 atom stereocenters. The maximum Gasteiger partial charge on any atom is 0.238 e. The van der Waals surface area contributed by atoms with Gasteiger partial charge in [0.1, 0.15) is 6.26 Å². The highest BCUT2D eigenvalue weighted by molar-refractivity contribution is 7.89. The van der Waals surface area contributed by atoms with Gasteiger partial charge in [0.05, 0.1) is 17.5 Å². The Morgan fingerprint density at radius 1 is 1.10 bits per heavy atom. The molecule has 0 spiro atoms. The van der Waals surface area contributed by atoms with E-state index in [1.165, 1.54) is 24.6 Å². The summed E-state index contributed by atoms with van der Waals surface area (Å²) in [5, 5.41) is 19.6. The van der Waals surface area contributed by atoms with Crippen molar-refractivity contribution in [1.82, 2.24) is 25.6 Å². The summed E-state index contributed by atoms with van der Waals surface area (Å²) in [5.74, 6) is 0.910. The first-order valence-electron chi connectivity index (χ1n) is 8.45. The zero-order chi connectivity index (χ0) is 20.4. The highest BCUT2D eigenvalue weighted by Gasteiger charge is 2.17. The van der Waals surface area contributed by atoms with Crippen LogP contribution in [0.15, 0.2) is 58.2 Å². The van der Waals surface area contributed by atoms with E-state index in [0.29, 0.717) is 34.3 Å². The molecule has 0 aliphatic carbocycles. The number of hydrogen-bond donors (Lipinski definition) is 2. The topological polar surface area (TPSA) is 141 Å². The number of tetrazole rings is 1. The van der Waals surface area contributed by atoms with Crippen molar-refractivity contribution >= 4 is 21.6 Å². The Morgan fingerprint density at radius 3 is 2.41 bits per heavy atom. The minimum absolute atomic E-state index is 0.0122. The van der Waals surface area contributed by atoms with Crippen LogP contribution in [-0.2, 0) is 22.9 Å². The van der Waals surface area contributed by atoms with Crippen molar-refractivity contribution in [3.63, 3.8) is 0 Å². The molecule has 148 valence electrons. The van der Waals surface area contributed by atoms with Crippen molar-refractivity contribution in [2.75, 3.05) is 0 Å². The van der Waals surface area contributed by atoms with Crippen LogP contribution in [0.2, 0.25) is 5.02 Å².